The molecule has 0 aliphatic carbocycles. The van der Waals surface area contributed by atoms with Crippen LogP contribution < -0.4 is 0 Å². The number of hydrogen-bond acceptors (Lipinski definition) is 4. The van der Waals surface area contributed by atoms with Gasteiger partial charge in [-0.2, -0.15) is 4.65 Å². The molecule has 13 heavy (non-hydrogen) atoms. The van der Waals surface area contributed by atoms with Crippen LogP contribution in [0.5, 0.6) is 0 Å². The first kappa shape index (κ1) is 12.8. The monoisotopic (exact) mass is 193 g/mol. The maximum Gasteiger partial charge on any atom is 0.100 e. The molecule has 5 heteroatoms. The van der Waals surface area contributed by atoms with Crippen LogP contribution in [0.3, 0.4) is 0 Å². The van der Waals surface area contributed by atoms with E-state index in [1.165, 1.54) is 5.23 Å². The minimum absolute atomic E-state index is 0.366. The van der Waals surface area contributed by atoms with Gasteiger partial charge in [0.2, 0.25) is 0 Å². The molecule has 0 aliphatic heterocycles. The van der Waals surface area contributed by atoms with Gasteiger partial charge >= 0.3 is 0 Å². The van der Waals surface area contributed by atoms with Crippen LogP contribution in [0.4, 0.5) is 0 Å². The van der Waals surface area contributed by atoms with E-state index in [0.717, 1.165) is 0 Å². The third-order valence-electron chi connectivity index (χ3n) is 1.06. The van der Waals surface area contributed by atoms with Gasteiger partial charge in [0, 0.05) is 13.7 Å². The Labute approximate surface area is 80.2 Å². The van der Waals surface area contributed by atoms with Crippen molar-refractivity contribution in [3.8, 4) is 0 Å². The van der Waals surface area contributed by atoms with E-state index in [9.17, 15) is 0 Å². The quantitative estimate of drug-likeness (QED) is 0.333. The molecule has 0 aliphatic rings. The predicted molar refractivity (Wildman–Crippen MR) is 49.3 cm³/mol. The molecule has 80 valence electrons. The number of nitrogens with zero attached hydrogens (tertiary/aromatic N) is 2. The van der Waals surface area contributed by atoms with E-state index in [4.69, 9.17) is 14.5 Å². The van der Waals surface area contributed by atoms with E-state index in [1.807, 2.05) is 28.1 Å². The topological polar surface area (TPSA) is 30.9 Å². The molecule has 5 nitrogen and oxygen atoms in total. The standard InChI is InChI=1S/C8H21N2O3/c1-6-11-7-8-12-9(2)13-10(3,4)5/h6-8H2,1-5H3/q+1. The second-order valence-corrected chi connectivity index (χ2v) is 3.44. The molecule has 0 unspecified atom stereocenters. The van der Waals surface area contributed by atoms with Gasteiger partial charge in [0.15, 0.2) is 0 Å². The Morgan fingerprint density at radius 1 is 1.15 bits per heavy atom. The largest absolute Gasteiger partial charge is 0.379 e. The number of hydrogen-bond donors (Lipinski definition) is 0. The molecule has 0 bridgehead atoms. The number of hydroxylamine groups is 5. The Hall–Kier alpha value is -0.200. The van der Waals surface area contributed by atoms with E-state index in [2.05, 4.69) is 0 Å². The highest BCUT2D eigenvalue weighted by Gasteiger charge is 2.13. The van der Waals surface area contributed by atoms with Crippen molar-refractivity contribution in [2.75, 3.05) is 48.0 Å². The summed E-state index contributed by atoms with van der Waals surface area (Å²) < 4.78 is 5.47. The summed E-state index contributed by atoms with van der Waals surface area (Å²) in [6.45, 7) is 3.75. The maximum absolute atomic E-state index is 5.31. The SMILES string of the molecule is CCOCCON(C)O[N+](C)(C)C. The Kier molecular flexibility index (Phi) is 6.19. The van der Waals surface area contributed by atoms with Gasteiger partial charge in [0.25, 0.3) is 0 Å². The van der Waals surface area contributed by atoms with E-state index >= 15 is 0 Å². The zero-order valence-electron chi connectivity index (χ0n) is 9.24. The predicted octanol–water partition coefficient (Wildman–Crippen LogP) is 0.439. The fraction of sp³-hybridized carbons (Fsp3) is 1.00. The maximum atomic E-state index is 5.31. The highest BCUT2D eigenvalue weighted by atomic mass is 17.0. The summed E-state index contributed by atoms with van der Waals surface area (Å²) >= 11 is 0. The molecule has 0 saturated carbocycles. The average molecular weight is 193 g/mol. The average Bonchev–Trinajstić information content (AvgIpc) is 1.94. The van der Waals surface area contributed by atoms with Gasteiger partial charge in [-0.15, -0.1) is 0 Å². The first-order chi connectivity index (χ1) is 5.95. The number of rotatable bonds is 7. The Bertz CT molecular complexity index is 125. The normalized spacial score (nSPS) is 12.5. The summed E-state index contributed by atoms with van der Waals surface area (Å²) in [5, 5.41) is 1.35. The van der Waals surface area contributed by atoms with Gasteiger partial charge in [-0.05, 0) is 12.2 Å². The summed E-state index contributed by atoms with van der Waals surface area (Å²) in [7, 11) is 7.43. The van der Waals surface area contributed by atoms with E-state index in [1.54, 1.807) is 7.05 Å². The highest BCUT2D eigenvalue weighted by Crippen LogP contribution is 1.97. The summed E-state index contributed by atoms with van der Waals surface area (Å²) in [6, 6.07) is 0. The second-order valence-electron chi connectivity index (χ2n) is 3.44. The molecule has 0 heterocycles. The van der Waals surface area contributed by atoms with E-state index < -0.39 is 0 Å². The number of ether oxygens (including phenoxy) is 1. The van der Waals surface area contributed by atoms with Crippen LogP contribution in [0.2, 0.25) is 0 Å². The lowest BCUT2D eigenvalue weighted by molar-refractivity contribution is -1.10. The van der Waals surface area contributed by atoms with Gasteiger partial charge in [0.05, 0.1) is 13.2 Å². The molecule has 0 rings (SSSR count). The molecule has 0 aromatic rings. The van der Waals surface area contributed by atoms with Gasteiger partial charge in [-0.25, -0.2) is 0 Å². The molecule has 0 N–H and O–H groups in total. The van der Waals surface area contributed by atoms with Crippen molar-refractivity contribution >= 4 is 0 Å². The van der Waals surface area contributed by atoms with Crippen molar-refractivity contribution in [1.29, 1.82) is 0 Å². The van der Waals surface area contributed by atoms with Crippen LogP contribution in [0.15, 0.2) is 0 Å². The molecule has 0 radical (unpaired) electrons. The fourth-order valence-electron chi connectivity index (χ4n) is 0.738. The smallest absolute Gasteiger partial charge is 0.100 e. The zero-order chi connectivity index (χ0) is 10.3. The highest BCUT2D eigenvalue weighted by molar-refractivity contribution is 4.22. The summed E-state index contributed by atoms with van der Waals surface area (Å²) in [5.41, 5.74) is 0. The van der Waals surface area contributed by atoms with Gasteiger partial charge in [-0.3, -0.25) is 4.84 Å². The summed E-state index contributed by atoms with van der Waals surface area (Å²) in [6.07, 6.45) is 0. The van der Waals surface area contributed by atoms with Crippen LogP contribution in [-0.2, 0) is 14.5 Å². The third-order valence-corrected chi connectivity index (χ3v) is 1.06. The van der Waals surface area contributed by atoms with Crippen molar-refractivity contribution in [2.24, 2.45) is 0 Å². The fourth-order valence-corrected chi connectivity index (χ4v) is 0.738. The molecule has 0 spiro atoms. The van der Waals surface area contributed by atoms with Crippen molar-refractivity contribution < 1.29 is 19.2 Å². The van der Waals surface area contributed by atoms with Crippen LogP contribution in [-0.4, -0.2) is 57.9 Å². The minimum atomic E-state index is 0.366. The first-order valence-electron chi connectivity index (χ1n) is 4.41. The Morgan fingerprint density at radius 3 is 2.23 bits per heavy atom. The molecule has 0 fully saturated rings. The number of quaternary nitrogens is 1. The Balaban J connectivity index is 3.35. The molecular formula is C8H21N2O3+. The molecule has 0 atom stereocenters. The van der Waals surface area contributed by atoms with Crippen molar-refractivity contribution in [2.45, 2.75) is 6.92 Å². The van der Waals surface area contributed by atoms with Crippen molar-refractivity contribution in [1.82, 2.24) is 5.23 Å². The molecule has 0 amide bonds. The van der Waals surface area contributed by atoms with Crippen molar-refractivity contribution in [3.05, 3.63) is 0 Å². The molecule has 0 aromatic carbocycles. The lowest BCUT2D eigenvalue weighted by Gasteiger charge is -2.25. The van der Waals surface area contributed by atoms with Gasteiger partial charge in [-0.1, -0.05) is 4.94 Å². The van der Waals surface area contributed by atoms with E-state index in [0.29, 0.717) is 24.5 Å². The molecule has 0 aromatic heterocycles. The first-order valence-corrected chi connectivity index (χ1v) is 4.41. The third kappa shape index (κ3) is 9.72. The van der Waals surface area contributed by atoms with Gasteiger partial charge in [0.1, 0.15) is 21.1 Å². The zero-order valence-corrected chi connectivity index (χ0v) is 9.24. The van der Waals surface area contributed by atoms with E-state index in [-0.39, 0.29) is 0 Å². The van der Waals surface area contributed by atoms with Crippen LogP contribution >= 0.6 is 0 Å². The minimum Gasteiger partial charge on any atom is -0.379 e. The lowest BCUT2D eigenvalue weighted by Crippen LogP contribution is -2.41. The summed E-state index contributed by atoms with van der Waals surface area (Å²) in [4.78, 5) is 10.5. The molecule has 0 saturated heterocycles. The molecular weight excluding hydrogens is 172 g/mol. The summed E-state index contributed by atoms with van der Waals surface area (Å²) in [5.74, 6) is 0. The van der Waals surface area contributed by atoms with Crippen LogP contribution in [0, 0.1) is 0 Å². The van der Waals surface area contributed by atoms with Crippen LogP contribution in [0.25, 0.3) is 0 Å². The second kappa shape index (κ2) is 6.28. The van der Waals surface area contributed by atoms with Gasteiger partial charge < -0.3 is 4.74 Å². The van der Waals surface area contributed by atoms with Crippen molar-refractivity contribution in [3.63, 3.8) is 0 Å². The Morgan fingerprint density at radius 2 is 1.77 bits per heavy atom. The lowest BCUT2D eigenvalue weighted by atomic mass is 10.7. The van der Waals surface area contributed by atoms with Crippen LogP contribution in [0.1, 0.15) is 6.92 Å².